The Hall–Kier alpha value is -3.87. The van der Waals surface area contributed by atoms with Gasteiger partial charge in [0.1, 0.15) is 0 Å². The Morgan fingerprint density at radius 1 is 0.932 bits per heavy atom. The lowest BCUT2D eigenvalue weighted by Crippen LogP contribution is -2.44. The number of dihydropyridines is 1. The molecule has 2 aliphatic heterocycles. The first-order valence-corrected chi connectivity index (χ1v) is 15.9. The van der Waals surface area contributed by atoms with Crippen molar-refractivity contribution in [3.8, 4) is 0 Å². The van der Waals surface area contributed by atoms with E-state index in [9.17, 15) is 9.59 Å². The van der Waals surface area contributed by atoms with Crippen LogP contribution in [0.1, 0.15) is 62.1 Å². The van der Waals surface area contributed by atoms with Gasteiger partial charge >= 0.3 is 5.97 Å². The molecule has 2 N–H and O–H groups in total. The SMILES string of the molecule is CCC1=C(C(=O)NCCCN2CCC(c3ccccc3)(c3ccccc3)CC2)C(c2ccc(Cl)cc2)C(C(=O)OC)=C(C)N1. The summed E-state index contributed by atoms with van der Waals surface area (Å²) >= 11 is 6.18. The van der Waals surface area contributed by atoms with Gasteiger partial charge in [-0.1, -0.05) is 91.3 Å². The fourth-order valence-electron chi connectivity index (χ4n) is 6.83. The largest absolute Gasteiger partial charge is 0.466 e. The van der Waals surface area contributed by atoms with E-state index >= 15 is 0 Å². The third kappa shape index (κ3) is 6.62. The standard InChI is InChI=1S/C37H42ClN3O3/c1-4-31-34(33(27-16-18-30(38)19-17-27)32(26(2)40-31)36(43)44-3)35(42)39-22-11-23-41-24-20-37(21-25-41,28-12-7-5-8-13-28)29-14-9-6-10-15-29/h5-10,12-19,33,40H,4,11,20-25H2,1-3H3,(H,39,42). The van der Waals surface area contributed by atoms with E-state index < -0.39 is 11.9 Å². The number of halogens is 1. The number of piperidine rings is 1. The molecule has 5 rings (SSSR count). The van der Waals surface area contributed by atoms with Gasteiger partial charge in [-0.25, -0.2) is 4.79 Å². The molecule has 6 nitrogen and oxygen atoms in total. The highest BCUT2D eigenvalue weighted by molar-refractivity contribution is 6.30. The van der Waals surface area contributed by atoms with Crippen LogP contribution in [0.15, 0.2) is 107 Å². The molecule has 0 radical (unpaired) electrons. The van der Waals surface area contributed by atoms with Crippen LogP contribution in [0.4, 0.5) is 0 Å². The summed E-state index contributed by atoms with van der Waals surface area (Å²) in [4.78, 5) is 29.3. The van der Waals surface area contributed by atoms with Crippen LogP contribution in [-0.2, 0) is 19.7 Å². The number of carbonyl (C=O) groups is 2. The topological polar surface area (TPSA) is 70.7 Å². The molecule has 230 valence electrons. The number of methoxy groups -OCH3 is 1. The molecule has 1 amide bonds. The minimum Gasteiger partial charge on any atom is -0.466 e. The Labute approximate surface area is 266 Å². The lowest BCUT2D eigenvalue weighted by atomic mass is 9.68. The van der Waals surface area contributed by atoms with Gasteiger partial charge in [0.05, 0.1) is 18.6 Å². The van der Waals surface area contributed by atoms with Gasteiger partial charge in [0.25, 0.3) is 0 Å². The Morgan fingerprint density at radius 2 is 1.52 bits per heavy atom. The van der Waals surface area contributed by atoms with Gasteiger partial charge in [-0.3, -0.25) is 4.79 Å². The number of nitrogens with one attached hydrogen (secondary N) is 2. The van der Waals surface area contributed by atoms with Crippen LogP contribution in [0.3, 0.4) is 0 Å². The number of allylic oxidation sites excluding steroid dienone is 2. The molecule has 1 saturated heterocycles. The number of rotatable bonds is 10. The predicted octanol–water partition coefficient (Wildman–Crippen LogP) is 6.73. The molecular weight excluding hydrogens is 570 g/mol. The van der Waals surface area contributed by atoms with E-state index in [0.717, 1.165) is 50.2 Å². The average molecular weight is 612 g/mol. The summed E-state index contributed by atoms with van der Waals surface area (Å²) in [5.41, 5.74) is 6.08. The number of carbonyl (C=O) groups excluding carboxylic acids is 2. The molecule has 0 aromatic heterocycles. The Morgan fingerprint density at radius 3 is 2.07 bits per heavy atom. The Balaban J connectivity index is 1.24. The van der Waals surface area contributed by atoms with Crippen LogP contribution < -0.4 is 10.6 Å². The van der Waals surface area contributed by atoms with Gasteiger partial charge in [0.15, 0.2) is 0 Å². The van der Waals surface area contributed by atoms with Crippen LogP contribution in [0.2, 0.25) is 5.02 Å². The van der Waals surface area contributed by atoms with Crippen molar-refractivity contribution in [1.29, 1.82) is 0 Å². The van der Waals surface area contributed by atoms with Crippen LogP contribution in [0, 0.1) is 0 Å². The normalized spacial score (nSPS) is 18.5. The summed E-state index contributed by atoms with van der Waals surface area (Å²) in [6.07, 6.45) is 3.56. The number of benzene rings is 3. The first kappa shape index (κ1) is 31.6. The van der Waals surface area contributed by atoms with Crippen LogP contribution in [-0.4, -0.2) is 50.1 Å². The van der Waals surface area contributed by atoms with E-state index in [-0.39, 0.29) is 11.3 Å². The molecule has 0 spiro atoms. The van der Waals surface area contributed by atoms with Crippen LogP contribution in [0.5, 0.6) is 0 Å². The molecule has 1 unspecified atom stereocenters. The number of hydrogen-bond donors (Lipinski definition) is 2. The maximum Gasteiger partial charge on any atom is 0.336 e. The molecule has 44 heavy (non-hydrogen) atoms. The van der Waals surface area contributed by atoms with Crippen molar-refractivity contribution in [2.24, 2.45) is 0 Å². The lowest BCUT2D eigenvalue weighted by molar-refractivity contribution is -0.136. The number of ether oxygens (including phenoxy) is 1. The van der Waals surface area contributed by atoms with E-state index in [2.05, 4.69) is 76.2 Å². The minimum atomic E-state index is -0.554. The van der Waals surface area contributed by atoms with Gasteiger partial charge in [-0.15, -0.1) is 0 Å². The Kier molecular flexibility index (Phi) is 10.2. The van der Waals surface area contributed by atoms with Gasteiger partial charge in [0, 0.05) is 33.9 Å². The van der Waals surface area contributed by atoms with Crippen molar-refractivity contribution in [1.82, 2.24) is 15.5 Å². The second-order valence-corrected chi connectivity index (χ2v) is 12.1. The van der Waals surface area contributed by atoms with Crippen molar-refractivity contribution in [3.63, 3.8) is 0 Å². The van der Waals surface area contributed by atoms with Gasteiger partial charge in [-0.2, -0.15) is 0 Å². The molecule has 1 atom stereocenters. The maximum atomic E-state index is 13.8. The van der Waals surface area contributed by atoms with Gasteiger partial charge in [-0.05, 0) is 81.1 Å². The fourth-order valence-corrected chi connectivity index (χ4v) is 6.96. The molecule has 0 saturated carbocycles. The molecule has 3 aromatic carbocycles. The Bertz CT molecular complexity index is 1470. The highest BCUT2D eigenvalue weighted by atomic mass is 35.5. The van der Waals surface area contributed by atoms with Crippen LogP contribution in [0.25, 0.3) is 0 Å². The number of esters is 1. The molecule has 0 bridgehead atoms. The van der Waals surface area contributed by atoms with Gasteiger partial charge in [0.2, 0.25) is 5.91 Å². The third-order valence-corrected chi connectivity index (χ3v) is 9.40. The summed E-state index contributed by atoms with van der Waals surface area (Å²) in [6.45, 7) is 7.30. The van der Waals surface area contributed by atoms with E-state index in [1.807, 2.05) is 26.0 Å². The summed E-state index contributed by atoms with van der Waals surface area (Å²) in [5, 5.41) is 7.07. The zero-order chi connectivity index (χ0) is 31.1. The van der Waals surface area contributed by atoms with E-state index in [1.165, 1.54) is 18.2 Å². The molecule has 2 heterocycles. The summed E-state index contributed by atoms with van der Waals surface area (Å²) in [5.74, 6) is -1.18. The number of likely N-dealkylation sites (tertiary alicyclic amines) is 1. The second-order valence-electron chi connectivity index (χ2n) is 11.7. The highest BCUT2D eigenvalue weighted by Crippen LogP contribution is 2.42. The average Bonchev–Trinajstić information content (AvgIpc) is 3.07. The van der Waals surface area contributed by atoms with E-state index in [1.54, 1.807) is 12.1 Å². The summed E-state index contributed by atoms with van der Waals surface area (Å²) in [7, 11) is 1.37. The van der Waals surface area contributed by atoms with Crippen molar-refractivity contribution in [2.45, 2.75) is 50.9 Å². The molecule has 7 heteroatoms. The van der Waals surface area contributed by atoms with Crippen molar-refractivity contribution in [3.05, 3.63) is 129 Å². The second kappa shape index (κ2) is 14.3. The van der Waals surface area contributed by atoms with Gasteiger partial charge < -0.3 is 20.3 Å². The zero-order valence-electron chi connectivity index (χ0n) is 25.9. The zero-order valence-corrected chi connectivity index (χ0v) is 26.6. The fraction of sp³-hybridized carbons (Fsp3) is 0.351. The third-order valence-electron chi connectivity index (χ3n) is 9.15. The maximum absolute atomic E-state index is 13.8. The van der Waals surface area contributed by atoms with E-state index in [4.69, 9.17) is 16.3 Å². The minimum absolute atomic E-state index is 0.0178. The monoisotopic (exact) mass is 611 g/mol. The lowest BCUT2D eigenvalue weighted by Gasteiger charge is -2.43. The molecule has 0 aliphatic carbocycles. The first-order valence-electron chi connectivity index (χ1n) is 15.5. The summed E-state index contributed by atoms with van der Waals surface area (Å²) < 4.78 is 5.15. The van der Waals surface area contributed by atoms with Crippen LogP contribution >= 0.6 is 11.6 Å². The molecule has 2 aliphatic rings. The molecule has 3 aromatic rings. The van der Waals surface area contributed by atoms with Crippen molar-refractivity contribution in [2.75, 3.05) is 33.3 Å². The number of amides is 1. The predicted molar refractivity (Wildman–Crippen MR) is 176 cm³/mol. The molecule has 1 fully saturated rings. The summed E-state index contributed by atoms with van der Waals surface area (Å²) in [6, 6.07) is 29.1. The highest BCUT2D eigenvalue weighted by Gasteiger charge is 2.39. The smallest absolute Gasteiger partial charge is 0.336 e. The van der Waals surface area contributed by atoms with E-state index in [0.29, 0.717) is 34.8 Å². The number of hydrogen-bond acceptors (Lipinski definition) is 5. The van der Waals surface area contributed by atoms with Crippen molar-refractivity contribution < 1.29 is 14.3 Å². The quantitative estimate of drug-likeness (QED) is 0.197. The number of nitrogens with zero attached hydrogens (tertiary/aromatic N) is 1. The molecular formula is C37H42ClN3O3. The van der Waals surface area contributed by atoms with Crippen molar-refractivity contribution >= 4 is 23.5 Å². The first-order chi connectivity index (χ1) is 21.4.